The Balaban J connectivity index is 2.94. The lowest BCUT2D eigenvalue weighted by molar-refractivity contribution is -0.149. The Hall–Kier alpha value is -0.120. The van der Waals surface area contributed by atoms with E-state index in [1.54, 1.807) is 7.11 Å². The Bertz CT molecular complexity index is 200. The molecule has 0 spiro atoms. The second kappa shape index (κ2) is 4.81. The minimum absolute atomic E-state index is 0.128. The predicted molar refractivity (Wildman–Crippen MR) is 61.6 cm³/mol. The van der Waals surface area contributed by atoms with Crippen molar-refractivity contribution in [1.82, 2.24) is 0 Å². The third-order valence-electron chi connectivity index (χ3n) is 4.19. The third kappa shape index (κ3) is 2.05. The first-order valence-electron chi connectivity index (χ1n) is 5.94. The molecular formula is C12H25NO2. The smallest absolute Gasteiger partial charge is 0.0970 e. The average Bonchev–Trinajstić information content (AvgIpc) is 2.67. The number of aliphatic hydroxyl groups is 1. The fourth-order valence-corrected chi connectivity index (χ4v) is 3.02. The SMILES string of the molecule is COCC(O)(C(C)C)C1(CN)CCCC1. The van der Waals surface area contributed by atoms with Crippen molar-refractivity contribution in [2.75, 3.05) is 20.3 Å². The molecule has 0 aliphatic heterocycles. The van der Waals surface area contributed by atoms with Crippen LogP contribution < -0.4 is 5.73 Å². The molecule has 0 bridgehead atoms. The second-order valence-electron chi connectivity index (χ2n) is 5.20. The molecule has 15 heavy (non-hydrogen) atoms. The topological polar surface area (TPSA) is 55.5 Å². The van der Waals surface area contributed by atoms with Crippen LogP contribution in [-0.4, -0.2) is 31.0 Å². The molecule has 0 aromatic carbocycles. The van der Waals surface area contributed by atoms with E-state index in [1.165, 1.54) is 12.8 Å². The molecule has 0 radical (unpaired) electrons. The lowest BCUT2D eigenvalue weighted by Crippen LogP contribution is -2.57. The molecule has 1 atom stereocenters. The van der Waals surface area contributed by atoms with E-state index in [0.29, 0.717) is 13.2 Å². The van der Waals surface area contributed by atoms with Crippen molar-refractivity contribution >= 4 is 0 Å². The normalized spacial score (nSPS) is 24.4. The fraction of sp³-hybridized carbons (Fsp3) is 1.00. The largest absolute Gasteiger partial charge is 0.387 e. The Kier molecular flexibility index (Phi) is 4.15. The number of rotatable bonds is 5. The van der Waals surface area contributed by atoms with E-state index in [-0.39, 0.29) is 11.3 Å². The zero-order valence-electron chi connectivity index (χ0n) is 10.3. The lowest BCUT2D eigenvalue weighted by Gasteiger charge is -2.47. The van der Waals surface area contributed by atoms with Crippen LogP contribution in [0.1, 0.15) is 39.5 Å². The molecule has 0 amide bonds. The Morgan fingerprint density at radius 1 is 1.40 bits per heavy atom. The molecule has 1 aliphatic carbocycles. The number of methoxy groups -OCH3 is 1. The molecule has 3 N–H and O–H groups in total. The fourth-order valence-electron chi connectivity index (χ4n) is 3.02. The van der Waals surface area contributed by atoms with E-state index in [9.17, 15) is 5.11 Å². The highest BCUT2D eigenvalue weighted by atomic mass is 16.5. The summed E-state index contributed by atoms with van der Waals surface area (Å²) in [5.41, 5.74) is 5.01. The van der Waals surface area contributed by atoms with Gasteiger partial charge in [0.2, 0.25) is 0 Å². The maximum Gasteiger partial charge on any atom is 0.0970 e. The van der Waals surface area contributed by atoms with Gasteiger partial charge in [-0.1, -0.05) is 26.7 Å². The number of hydrogen-bond acceptors (Lipinski definition) is 3. The molecule has 1 saturated carbocycles. The summed E-state index contributed by atoms with van der Waals surface area (Å²) in [6, 6.07) is 0. The van der Waals surface area contributed by atoms with Crippen molar-refractivity contribution < 1.29 is 9.84 Å². The summed E-state index contributed by atoms with van der Waals surface area (Å²) in [5.74, 6) is 0.180. The molecule has 0 saturated heterocycles. The van der Waals surface area contributed by atoms with Crippen molar-refractivity contribution in [3.05, 3.63) is 0 Å². The van der Waals surface area contributed by atoms with Gasteiger partial charge in [0.15, 0.2) is 0 Å². The van der Waals surface area contributed by atoms with Gasteiger partial charge in [0, 0.05) is 19.1 Å². The summed E-state index contributed by atoms with van der Waals surface area (Å²) in [6.45, 7) is 5.05. The number of hydrogen-bond donors (Lipinski definition) is 2. The number of ether oxygens (including phenoxy) is 1. The molecule has 1 unspecified atom stereocenters. The highest BCUT2D eigenvalue weighted by Crippen LogP contribution is 2.49. The lowest BCUT2D eigenvalue weighted by atomic mass is 9.65. The van der Waals surface area contributed by atoms with Gasteiger partial charge in [0.1, 0.15) is 0 Å². The van der Waals surface area contributed by atoms with Crippen LogP contribution in [0.4, 0.5) is 0 Å². The summed E-state index contributed by atoms with van der Waals surface area (Å²) >= 11 is 0. The molecule has 0 aromatic rings. The average molecular weight is 215 g/mol. The van der Waals surface area contributed by atoms with Gasteiger partial charge in [0.05, 0.1) is 12.2 Å². The molecule has 3 heteroatoms. The molecule has 1 aliphatic rings. The summed E-state index contributed by atoms with van der Waals surface area (Å²) in [7, 11) is 1.65. The van der Waals surface area contributed by atoms with Gasteiger partial charge in [-0.2, -0.15) is 0 Å². The summed E-state index contributed by atoms with van der Waals surface area (Å²) in [4.78, 5) is 0. The van der Waals surface area contributed by atoms with Gasteiger partial charge in [-0.25, -0.2) is 0 Å². The first kappa shape index (κ1) is 12.9. The monoisotopic (exact) mass is 215 g/mol. The molecule has 1 rings (SSSR count). The summed E-state index contributed by atoms with van der Waals surface area (Å²) in [5, 5.41) is 10.8. The third-order valence-corrected chi connectivity index (χ3v) is 4.19. The summed E-state index contributed by atoms with van der Waals surface area (Å²) in [6.07, 6.45) is 4.41. The highest BCUT2D eigenvalue weighted by Gasteiger charge is 2.52. The molecule has 0 heterocycles. The zero-order chi connectivity index (χ0) is 11.5. The first-order valence-corrected chi connectivity index (χ1v) is 5.94. The van der Waals surface area contributed by atoms with Crippen LogP contribution in [0, 0.1) is 11.3 Å². The van der Waals surface area contributed by atoms with Gasteiger partial charge in [-0.05, 0) is 18.8 Å². The van der Waals surface area contributed by atoms with Crippen molar-refractivity contribution in [3.63, 3.8) is 0 Å². The summed E-state index contributed by atoms with van der Waals surface area (Å²) < 4.78 is 5.20. The predicted octanol–water partition coefficient (Wildman–Crippen LogP) is 1.54. The van der Waals surface area contributed by atoms with Gasteiger partial charge >= 0.3 is 0 Å². The Labute approximate surface area is 93.0 Å². The van der Waals surface area contributed by atoms with Crippen LogP contribution in [0.15, 0.2) is 0 Å². The Morgan fingerprint density at radius 3 is 2.27 bits per heavy atom. The van der Waals surface area contributed by atoms with Crippen LogP contribution >= 0.6 is 0 Å². The standard InChI is InChI=1S/C12H25NO2/c1-10(2)12(14,9-15-3)11(8-13)6-4-5-7-11/h10,14H,4-9,13H2,1-3H3. The molecule has 1 fully saturated rings. The molecule has 3 nitrogen and oxygen atoms in total. The van der Waals surface area contributed by atoms with E-state index in [0.717, 1.165) is 12.8 Å². The van der Waals surface area contributed by atoms with Crippen LogP contribution in [0.3, 0.4) is 0 Å². The van der Waals surface area contributed by atoms with E-state index < -0.39 is 5.60 Å². The maximum absolute atomic E-state index is 10.8. The van der Waals surface area contributed by atoms with Crippen molar-refractivity contribution in [3.8, 4) is 0 Å². The van der Waals surface area contributed by atoms with Crippen LogP contribution in [-0.2, 0) is 4.74 Å². The number of nitrogens with two attached hydrogens (primary N) is 1. The highest BCUT2D eigenvalue weighted by molar-refractivity contribution is 5.03. The van der Waals surface area contributed by atoms with Crippen LogP contribution in [0.25, 0.3) is 0 Å². The zero-order valence-corrected chi connectivity index (χ0v) is 10.3. The molecule has 90 valence electrons. The van der Waals surface area contributed by atoms with Crippen molar-refractivity contribution in [1.29, 1.82) is 0 Å². The van der Waals surface area contributed by atoms with E-state index in [1.807, 2.05) is 0 Å². The van der Waals surface area contributed by atoms with Crippen molar-refractivity contribution in [2.24, 2.45) is 17.1 Å². The molecule has 0 aromatic heterocycles. The van der Waals surface area contributed by atoms with Gasteiger partial charge in [-0.15, -0.1) is 0 Å². The van der Waals surface area contributed by atoms with Crippen LogP contribution in [0.2, 0.25) is 0 Å². The Morgan fingerprint density at radius 2 is 1.93 bits per heavy atom. The molecular weight excluding hydrogens is 190 g/mol. The van der Waals surface area contributed by atoms with E-state index in [2.05, 4.69) is 13.8 Å². The van der Waals surface area contributed by atoms with Gasteiger partial charge < -0.3 is 15.6 Å². The second-order valence-corrected chi connectivity index (χ2v) is 5.20. The van der Waals surface area contributed by atoms with E-state index >= 15 is 0 Å². The van der Waals surface area contributed by atoms with E-state index in [4.69, 9.17) is 10.5 Å². The van der Waals surface area contributed by atoms with Crippen molar-refractivity contribution in [2.45, 2.75) is 45.1 Å². The minimum atomic E-state index is -0.771. The first-order chi connectivity index (χ1) is 7.02. The minimum Gasteiger partial charge on any atom is -0.387 e. The van der Waals surface area contributed by atoms with Gasteiger partial charge in [0.25, 0.3) is 0 Å². The maximum atomic E-state index is 10.8. The van der Waals surface area contributed by atoms with Gasteiger partial charge in [-0.3, -0.25) is 0 Å². The quantitative estimate of drug-likeness (QED) is 0.731. The van der Waals surface area contributed by atoms with Crippen LogP contribution in [0.5, 0.6) is 0 Å².